The molecule has 8 heteroatoms. The zero-order chi connectivity index (χ0) is 17.3. The molecule has 0 spiro atoms. The summed E-state index contributed by atoms with van der Waals surface area (Å²) in [4.78, 5) is 4.13. The zero-order valence-electron chi connectivity index (χ0n) is 13.6. The fraction of sp³-hybridized carbons (Fsp3) is 0.235. The van der Waals surface area contributed by atoms with Crippen LogP contribution in [0.5, 0.6) is 0 Å². The number of rotatable bonds is 4. The van der Waals surface area contributed by atoms with Crippen LogP contribution in [-0.2, 0) is 12.5 Å². The Morgan fingerprint density at radius 1 is 1.12 bits per heavy atom. The zero-order valence-corrected chi connectivity index (χ0v) is 14.4. The average Bonchev–Trinajstić information content (AvgIpc) is 2.91. The van der Waals surface area contributed by atoms with E-state index in [9.17, 15) is 13.2 Å². The Kier molecular flexibility index (Phi) is 5.47. The maximum atomic E-state index is 13.7. The first kappa shape index (κ1) is 18.9. The summed E-state index contributed by atoms with van der Waals surface area (Å²) in [6.07, 6.45) is 4.91. The Balaban J connectivity index is 0.00000225. The second-order valence-corrected chi connectivity index (χ2v) is 5.65. The molecule has 0 fully saturated rings. The minimum atomic E-state index is -3.12. The van der Waals surface area contributed by atoms with Gasteiger partial charge in [0.15, 0.2) is 0 Å². The van der Waals surface area contributed by atoms with Gasteiger partial charge in [0.05, 0.1) is 18.4 Å². The molecule has 0 amide bonds. The molecule has 0 radical (unpaired) electrons. The number of aromatic nitrogens is 4. The van der Waals surface area contributed by atoms with Crippen LogP contribution in [-0.4, -0.2) is 19.7 Å². The summed E-state index contributed by atoms with van der Waals surface area (Å²) in [6.45, 7) is 3.04. The van der Waals surface area contributed by atoms with Crippen LogP contribution < -0.4 is 0 Å². The van der Waals surface area contributed by atoms with Crippen LogP contribution in [0.25, 0.3) is 11.1 Å². The fourth-order valence-corrected chi connectivity index (χ4v) is 2.40. The van der Waals surface area contributed by atoms with E-state index in [0.29, 0.717) is 23.4 Å². The third-order valence-electron chi connectivity index (χ3n) is 3.70. The molecule has 4 nitrogen and oxygen atoms in total. The van der Waals surface area contributed by atoms with E-state index in [1.54, 1.807) is 12.3 Å². The van der Waals surface area contributed by atoms with Gasteiger partial charge in [-0.05, 0) is 36.8 Å². The quantitative estimate of drug-likeness (QED) is 0.686. The first-order valence-electron chi connectivity index (χ1n) is 7.31. The number of nitrogens with zero attached hydrogens (tertiary/aromatic N) is 4. The van der Waals surface area contributed by atoms with Gasteiger partial charge in [-0.1, -0.05) is 0 Å². The van der Waals surface area contributed by atoms with Crippen LogP contribution >= 0.6 is 12.4 Å². The second-order valence-electron chi connectivity index (χ2n) is 5.65. The first-order chi connectivity index (χ1) is 11.3. The second kappa shape index (κ2) is 7.23. The lowest BCUT2D eigenvalue weighted by molar-refractivity contribution is 0.0172. The van der Waals surface area contributed by atoms with Gasteiger partial charge in [-0.15, -0.1) is 12.4 Å². The number of alkyl halides is 2. The first-order valence-corrected chi connectivity index (χ1v) is 7.31. The highest BCUT2D eigenvalue weighted by molar-refractivity contribution is 5.85. The van der Waals surface area contributed by atoms with Gasteiger partial charge in [0, 0.05) is 30.4 Å². The minimum Gasteiger partial charge on any atom is -0.329 e. The molecule has 0 bridgehead atoms. The SMILES string of the molecule is Cc1nccn1Cc1cc(-c2cc(F)cc(C(C)(F)F)c2)cnn1.Cl. The summed E-state index contributed by atoms with van der Waals surface area (Å²) in [7, 11) is 0. The Morgan fingerprint density at radius 2 is 1.88 bits per heavy atom. The van der Waals surface area contributed by atoms with Crippen LogP contribution in [0.3, 0.4) is 0 Å². The summed E-state index contributed by atoms with van der Waals surface area (Å²) < 4.78 is 42.6. The molecule has 0 atom stereocenters. The maximum Gasteiger partial charge on any atom is 0.270 e. The molecule has 132 valence electrons. The van der Waals surface area contributed by atoms with Gasteiger partial charge in [0.25, 0.3) is 5.92 Å². The van der Waals surface area contributed by atoms with Crippen LogP contribution in [0, 0.1) is 12.7 Å². The van der Waals surface area contributed by atoms with Crippen molar-refractivity contribution in [1.82, 2.24) is 19.7 Å². The number of hydrogen-bond donors (Lipinski definition) is 0. The smallest absolute Gasteiger partial charge is 0.270 e. The molecular weight excluding hydrogens is 353 g/mol. The van der Waals surface area contributed by atoms with Gasteiger partial charge in [0.2, 0.25) is 0 Å². The van der Waals surface area contributed by atoms with Crippen molar-refractivity contribution >= 4 is 12.4 Å². The summed E-state index contributed by atoms with van der Waals surface area (Å²) in [5.74, 6) is -3.01. The largest absolute Gasteiger partial charge is 0.329 e. The van der Waals surface area contributed by atoms with E-state index in [1.165, 1.54) is 18.3 Å². The summed E-state index contributed by atoms with van der Waals surface area (Å²) in [6, 6.07) is 5.03. The Morgan fingerprint density at radius 3 is 2.52 bits per heavy atom. The van der Waals surface area contributed by atoms with Gasteiger partial charge in [-0.25, -0.2) is 18.2 Å². The van der Waals surface area contributed by atoms with E-state index < -0.39 is 11.7 Å². The molecule has 25 heavy (non-hydrogen) atoms. The van der Waals surface area contributed by atoms with Crippen molar-refractivity contribution in [2.75, 3.05) is 0 Å². The van der Waals surface area contributed by atoms with Crippen LogP contribution in [0.2, 0.25) is 0 Å². The van der Waals surface area contributed by atoms with Crippen LogP contribution in [0.1, 0.15) is 24.0 Å². The molecule has 0 N–H and O–H groups in total. The Labute approximate surface area is 149 Å². The molecule has 0 saturated carbocycles. The van der Waals surface area contributed by atoms with Gasteiger partial charge in [0.1, 0.15) is 11.6 Å². The highest BCUT2D eigenvalue weighted by Crippen LogP contribution is 2.31. The lowest BCUT2D eigenvalue weighted by Gasteiger charge is -2.13. The third-order valence-corrected chi connectivity index (χ3v) is 3.70. The standard InChI is InChI=1S/C17H15F3N4.ClH/c1-11-21-3-4-24(11)10-16-7-13(9-22-23-16)12-5-14(17(2,19)20)8-15(18)6-12;/h3-9H,10H2,1-2H3;1H. The lowest BCUT2D eigenvalue weighted by atomic mass is 10.0. The molecule has 0 aliphatic rings. The normalized spacial score (nSPS) is 11.2. The maximum absolute atomic E-state index is 13.7. The highest BCUT2D eigenvalue weighted by Gasteiger charge is 2.25. The third kappa shape index (κ3) is 4.36. The van der Waals surface area contributed by atoms with Gasteiger partial charge >= 0.3 is 0 Å². The number of imidazole rings is 1. The number of aryl methyl sites for hydroxylation is 1. The number of halogens is 4. The molecule has 0 aliphatic heterocycles. The predicted octanol–water partition coefficient (Wildman–Crippen LogP) is 4.37. The highest BCUT2D eigenvalue weighted by atomic mass is 35.5. The van der Waals surface area contributed by atoms with Crippen molar-refractivity contribution in [3.8, 4) is 11.1 Å². The van der Waals surface area contributed by atoms with E-state index in [4.69, 9.17) is 0 Å². The van der Waals surface area contributed by atoms with Crippen molar-refractivity contribution < 1.29 is 13.2 Å². The molecule has 2 aromatic heterocycles. The van der Waals surface area contributed by atoms with Gasteiger partial charge in [-0.3, -0.25) is 0 Å². The van der Waals surface area contributed by atoms with Gasteiger partial charge in [-0.2, -0.15) is 10.2 Å². The van der Waals surface area contributed by atoms with E-state index in [-0.39, 0.29) is 18.0 Å². The predicted molar refractivity (Wildman–Crippen MR) is 90.3 cm³/mol. The number of hydrogen-bond acceptors (Lipinski definition) is 3. The molecule has 3 rings (SSSR count). The average molecular weight is 369 g/mol. The fourth-order valence-electron chi connectivity index (χ4n) is 2.40. The molecule has 0 aliphatic carbocycles. The summed E-state index contributed by atoms with van der Waals surface area (Å²) in [5, 5.41) is 7.93. The molecule has 2 heterocycles. The van der Waals surface area contributed by atoms with E-state index in [1.807, 2.05) is 17.7 Å². The monoisotopic (exact) mass is 368 g/mol. The summed E-state index contributed by atoms with van der Waals surface area (Å²) >= 11 is 0. The summed E-state index contributed by atoms with van der Waals surface area (Å²) in [5.41, 5.74) is 1.12. The topological polar surface area (TPSA) is 43.6 Å². The van der Waals surface area contributed by atoms with E-state index >= 15 is 0 Å². The molecule has 0 unspecified atom stereocenters. The van der Waals surface area contributed by atoms with Crippen molar-refractivity contribution in [2.24, 2.45) is 0 Å². The Bertz CT molecular complexity index is 874. The molecule has 1 aromatic carbocycles. The minimum absolute atomic E-state index is 0. The number of benzene rings is 1. The lowest BCUT2D eigenvalue weighted by Crippen LogP contribution is -2.08. The van der Waals surface area contributed by atoms with Crippen LogP contribution in [0.4, 0.5) is 13.2 Å². The Hall–Kier alpha value is -2.41. The molecular formula is C17H16ClF3N4. The molecule has 0 saturated heterocycles. The van der Waals surface area contributed by atoms with Crippen molar-refractivity contribution in [3.63, 3.8) is 0 Å². The van der Waals surface area contributed by atoms with Crippen LogP contribution in [0.15, 0.2) is 42.9 Å². The van der Waals surface area contributed by atoms with E-state index in [0.717, 1.165) is 18.8 Å². The van der Waals surface area contributed by atoms with E-state index in [2.05, 4.69) is 15.2 Å². The van der Waals surface area contributed by atoms with Crippen molar-refractivity contribution in [2.45, 2.75) is 26.3 Å². The van der Waals surface area contributed by atoms with Crippen molar-refractivity contribution in [1.29, 1.82) is 0 Å². The van der Waals surface area contributed by atoms with Crippen molar-refractivity contribution in [3.05, 3.63) is 65.8 Å². The molecule has 3 aromatic rings. The van der Waals surface area contributed by atoms with Gasteiger partial charge < -0.3 is 4.57 Å².